The zero-order chi connectivity index (χ0) is 15.1. The number of aliphatic carboxylic acids is 1. The first-order valence-corrected chi connectivity index (χ1v) is 5.84. The summed E-state index contributed by atoms with van der Waals surface area (Å²) in [6.07, 6.45) is 0. The molecule has 0 saturated heterocycles. The molecule has 0 spiro atoms. The summed E-state index contributed by atoms with van der Waals surface area (Å²) in [6.45, 7) is 0.815. The Kier molecular flexibility index (Phi) is 5.67. The first kappa shape index (κ1) is 15.6. The first-order valence-electron chi connectivity index (χ1n) is 5.84. The maximum atomic E-state index is 11.8. The number of hydrogen-bond donors (Lipinski definition) is 2. The summed E-state index contributed by atoms with van der Waals surface area (Å²) in [5, 5.41) is 10.4. The van der Waals surface area contributed by atoms with Crippen LogP contribution in [-0.2, 0) is 14.3 Å². The van der Waals surface area contributed by atoms with E-state index in [0.717, 1.165) is 5.56 Å². The lowest BCUT2D eigenvalue weighted by Crippen LogP contribution is -2.42. The third kappa shape index (κ3) is 5.07. The summed E-state index contributed by atoms with van der Waals surface area (Å²) in [5.41, 5.74) is 1.63. The summed E-state index contributed by atoms with van der Waals surface area (Å²) < 4.78 is 4.58. The van der Waals surface area contributed by atoms with Gasteiger partial charge < -0.3 is 9.84 Å². The molecule has 0 saturated carbocycles. The van der Waals surface area contributed by atoms with Crippen molar-refractivity contribution in [1.29, 1.82) is 0 Å². The van der Waals surface area contributed by atoms with E-state index in [0.29, 0.717) is 5.69 Å². The fraction of sp³-hybridized carbons (Fsp3) is 0.308. The predicted molar refractivity (Wildman–Crippen MR) is 71.6 cm³/mol. The number of anilines is 1. The van der Waals surface area contributed by atoms with Crippen molar-refractivity contribution in [3.63, 3.8) is 0 Å². The van der Waals surface area contributed by atoms with Gasteiger partial charge >= 0.3 is 12.0 Å². The number of benzene rings is 1. The third-order valence-electron chi connectivity index (χ3n) is 2.40. The number of ether oxygens (including phenoxy) is 1. The van der Waals surface area contributed by atoms with Crippen LogP contribution in [0.25, 0.3) is 0 Å². The number of carbonyl (C=O) groups excluding carboxylic acids is 2. The number of nitrogens with zero attached hydrogens (tertiary/aromatic N) is 1. The van der Waals surface area contributed by atoms with Crippen LogP contribution in [0, 0.1) is 6.92 Å². The maximum absolute atomic E-state index is 11.8. The number of amides is 3. The van der Waals surface area contributed by atoms with Crippen molar-refractivity contribution in [1.82, 2.24) is 5.32 Å². The summed E-state index contributed by atoms with van der Waals surface area (Å²) in [6, 6.07) is 6.61. The lowest BCUT2D eigenvalue weighted by atomic mass is 10.2. The molecule has 2 N–H and O–H groups in total. The number of imide groups is 1. The monoisotopic (exact) mass is 280 g/mol. The van der Waals surface area contributed by atoms with Crippen molar-refractivity contribution in [3.8, 4) is 0 Å². The Hall–Kier alpha value is -2.41. The second-order valence-electron chi connectivity index (χ2n) is 4.14. The molecule has 20 heavy (non-hydrogen) atoms. The Morgan fingerprint density at radius 2 is 2.00 bits per heavy atom. The van der Waals surface area contributed by atoms with Gasteiger partial charge in [-0.3, -0.25) is 15.0 Å². The number of carboxylic acids is 1. The molecular formula is C13H16N2O5. The second kappa shape index (κ2) is 7.25. The average Bonchev–Trinajstić information content (AvgIpc) is 2.37. The van der Waals surface area contributed by atoms with Crippen molar-refractivity contribution in [2.75, 3.05) is 25.2 Å². The molecule has 0 aliphatic heterocycles. The SMILES string of the molecule is Cc1cccc(N(C)C(=O)NC(=O)COCC(=O)O)c1. The zero-order valence-electron chi connectivity index (χ0n) is 11.3. The molecule has 3 amide bonds. The minimum Gasteiger partial charge on any atom is -0.480 e. The van der Waals surface area contributed by atoms with Gasteiger partial charge in [-0.25, -0.2) is 9.59 Å². The van der Waals surface area contributed by atoms with Gasteiger partial charge in [-0.05, 0) is 24.6 Å². The van der Waals surface area contributed by atoms with E-state index >= 15 is 0 Å². The van der Waals surface area contributed by atoms with E-state index in [1.807, 2.05) is 13.0 Å². The van der Waals surface area contributed by atoms with Crippen molar-refractivity contribution >= 4 is 23.6 Å². The standard InChI is InChI=1S/C13H16N2O5/c1-9-4-3-5-10(6-9)15(2)13(19)14-11(16)7-20-8-12(17)18/h3-6H,7-8H2,1-2H3,(H,17,18)(H,14,16,19). The van der Waals surface area contributed by atoms with E-state index in [9.17, 15) is 14.4 Å². The van der Waals surface area contributed by atoms with Crippen molar-refractivity contribution in [2.45, 2.75) is 6.92 Å². The van der Waals surface area contributed by atoms with Gasteiger partial charge in [0.25, 0.3) is 5.91 Å². The Morgan fingerprint density at radius 1 is 1.30 bits per heavy atom. The molecule has 1 rings (SSSR count). The molecule has 0 aromatic heterocycles. The van der Waals surface area contributed by atoms with Crippen molar-refractivity contribution < 1.29 is 24.2 Å². The molecule has 108 valence electrons. The van der Waals surface area contributed by atoms with Crippen LogP contribution in [-0.4, -0.2) is 43.3 Å². The molecule has 0 unspecified atom stereocenters. The second-order valence-corrected chi connectivity index (χ2v) is 4.14. The molecule has 7 nitrogen and oxygen atoms in total. The molecule has 0 aliphatic carbocycles. The molecule has 0 atom stereocenters. The molecule has 7 heteroatoms. The minimum atomic E-state index is -1.18. The highest BCUT2D eigenvalue weighted by molar-refractivity contribution is 6.02. The summed E-state index contributed by atoms with van der Waals surface area (Å²) in [5.74, 6) is -1.88. The molecule has 0 fully saturated rings. The zero-order valence-corrected chi connectivity index (χ0v) is 11.3. The largest absolute Gasteiger partial charge is 0.480 e. The number of aryl methyl sites for hydroxylation is 1. The van der Waals surface area contributed by atoms with Crippen LogP contribution in [0.1, 0.15) is 5.56 Å². The van der Waals surface area contributed by atoms with Crippen LogP contribution in [0.4, 0.5) is 10.5 Å². The van der Waals surface area contributed by atoms with Gasteiger partial charge in [0.05, 0.1) is 0 Å². The minimum absolute atomic E-state index is 0.486. The molecule has 0 heterocycles. The molecular weight excluding hydrogens is 264 g/mol. The van der Waals surface area contributed by atoms with Gasteiger partial charge in [0.15, 0.2) is 0 Å². The van der Waals surface area contributed by atoms with Gasteiger partial charge in [0.1, 0.15) is 13.2 Å². The van der Waals surface area contributed by atoms with E-state index in [2.05, 4.69) is 10.1 Å². The number of hydrogen-bond acceptors (Lipinski definition) is 4. The van der Waals surface area contributed by atoms with E-state index in [-0.39, 0.29) is 0 Å². The van der Waals surface area contributed by atoms with Gasteiger partial charge in [-0.1, -0.05) is 12.1 Å². The highest BCUT2D eigenvalue weighted by atomic mass is 16.5. The van der Waals surface area contributed by atoms with Gasteiger partial charge in [-0.15, -0.1) is 0 Å². The lowest BCUT2D eigenvalue weighted by molar-refractivity contribution is -0.143. The number of nitrogens with one attached hydrogen (secondary N) is 1. The molecule has 1 aromatic rings. The fourth-order valence-electron chi connectivity index (χ4n) is 1.42. The van der Waals surface area contributed by atoms with Crippen LogP contribution >= 0.6 is 0 Å². The van der Waals surface area contributed by atoms with Gasteiger partial charge in [-0.2, -0.15) is 0 Å². The number of carboxylic acid groups (broad SMARTS) is 1. The Labute approximate surface area is 116 Å². The van der Waals surface area contributed by atoms with E-state index in [4.69, 9.17) is 5.11 Å². The van der Waals surface area contributed by atoms with E-state index < -0.39 is 31.1 Å². The van der Waals surface area contributed by atoms with Crippen molar-refractivity contribution in [2.24, 2.45) is 0 Å². The van der Waals surface area contributed by atoms with Crippen LogP contribution in [0.15, 0.2) is 24.3 Å². The first-order chi connectivity index (χ1) is 9.40. The van der Waals surface area contributed by atoms with Crippen LogP contribution in [0.3, 0.4) is 0 Å². The highest BCUT2D eigenvalue weighted by Gasteiger charge is 2.14. The average molecular weight is 280 g/mol. The van der Waals surface area contributed by atoms with Crippen LogP contribution in [0.5, 0.6) is 0 Å². The normalized spacial score (nSPS) is 9.90. The quantitative estimate of drug-likeness (QED) is 0.830. The lowest BCUT2D eigenvalue weighted by Gasteiger charge is -2.17. The van der Waals surface area contributed by atoms with E-state index in [1.165, 1.54) is 11.9 Å². The van der Waals surface area contributed by atoms with Crippen LogP contribution in [0.2, 0.25) is 0 Å². The van der Waals surface area contributed by atoms with Gasteiger partial charge in [0, 0.05) is 12.7 Å². The summed E-state index contributed by atoms with van der Waals surface area (Å²) >= 11 is 0. The topological polar surface area (TPSA) is 95.9 Å². The van der Waals surface area contributed by atoms with Crippen molar-refractivity contribution in [3.05, 3.63) is 29.8 Å². The Bertz CT molecular complexity index is 515. The van der Waals surface area contributed by atoms with Crippen LogP contribution < -0.4 is 10.2 Å². The molecule has 1 aromatic carbocycles. The third-order valence-corrected chi connectivity index (χ3v) is 2.40. The smallest absolute Gasteiger partial charge is 0.329 e. The van der Waals surface area contributed by atoms with Gasteiger partial charge in [0.2, 0.25) is 0 Å². The summed E-state index contributed by atoms with van der Waals surface area (Å²) in [7, 11) is 1.52. The molecule has 0 aliphatic rings. The maximum Gasteiger partial charge on any atom is 0.329 e. The number of urea groups is 1. The highest BCUT2D eigenvalue weighted by Crippen LogP contribution is 2.13. The Balaban J connectivity index is 2.49. The predicted octanol–water partition coefficient (Wildman–Crippen LogP) is 0.769. The molecule has 0 radical (unpaired) electrons. The number of rotatable bonds is 5. The molecule has 0 bridgehead atoms. The Morgan fingerprint density at radius 3 is 2.60 bits per heavy atom. The fourth-order valence-corrected chi connectivity index (χ4v) is 1.42. The summed E-state index contributed by atoms with van der Waals surface area (Å²) in [4.78, 5) is 34.6. The van der Waals surface area contributed by atoms with E-state index in [1.54, 1.807) is 18.2 Å². The number of carbonyl (C=O) groups is 3.